The SMILES string of the molecule is Cc1oc2ccccc2c1CNc1cccnc1Br. The van der Waals surface area contributed by atoms with E-state index in [0.29, 0.717) is 6.54 Å². The average molecular weight is 317 g/mol. The van der Waals surface area contributed by atoms with Crippen LogP contribution in [-0.2, 0) is 6.54 Å². The van der Waals surface area contributed by atoms with Crippen molar-refractivity contribution in [3.63, 3.8) is 0 Å². The summed E-state index contributed by atoms with van der Waals surface area (Å²) in [5.41, 5.74) is 3.10. The lowest BCUT2D eigenvalue weighted by Gasteiger charge is -2.07. The molecule has 0 aliphatic heterocycles. The molecule has 0 saturated heterocycles. The van der Waals surface area contributed by atoms with Crippen LogP contribution in [0, 0.1) is 6.92 Å². The van der Waals surface area contributed by atoms with Crippen LogP contribution >= 0.6 is 15.9 Å². The normalized spacial score (nSPS) is 10.8. The molecule has 19 heavy (non-hydrogen) atoms. The highest BCUT2D eigenvalue weighted by molar-refractivity contribution is 9.10. The summed E-state index contributed by atoms with van der Waals surface area (Å²) in [4.78, 5) is 4.19. The summed E-state index contributed by atoms with van der Waals surface area (Å²) in [5.74, 6) is 0.953. The van der Waals surface area contributed by atoms with Crippen molar-refractivity contribution in [3.05, 3.63) is 58.5 Å². The van der Waals surface area contributed by atoms with Crippen LogP contribution in [0.15, 0.2) is 51.6 Å². The highest BCUT2D eigenvalue weighted by atomic mass is 79.9. The molecule has 3 nitrogen and oxygen atoms in total. The van der Waals surface area contributed by atoms with Gasteiger partial charge in [-0.05, 0) is 41.1 Å². The minimum Gasteiger partial charge on any atom is -0.461 e. The van der Waals surface area contributed by atoms with Crippen molar-refractivity contribution in [3.8, 4) is 0 Å². The number of aromatic nitrogens is 1. The van der Waals surface area contributed by atoms with Gasteiger partial charge in [-0.1, -0.05) is 18.2 Å². The van der Waals surface area contributed by atoms with Crippen molar-refractivity contribution in [2.75, 3.05) is 5.32 Å². The Bertz CT molecular complexity index is 721. The number of pyridine rings is 1. The van der Waals surface area contributed by atoms with Gasteiger partial charge in [0.05, 0.1) is 5.69 Å². The summed E-state index contributed by atoms with van der Waals surface area (Å²) in [6, 6.07) is 12.0. The molecule has 2 heterocycles. The summed E-state index contributed by atoms with van der Waals surface area (Å²) in [6.07, 6.45) is 1.76. The number of nitrogens with one attached hydrogen (secondary N) is 1. The van der Waals surface area contributed by atoms with Crippen molar-refractivity contribution in [1.29, 1.82) is 0 Å². The quantitative estimate of drug-likeness (QED) is 0.722. The molecule has 0 radical (unpaired) electrons. The second-order valence-electron chi connectivity index (χ2n) is 4.33. The van der Waals surface area contributed by atoms with Crippen LogP contribution in [0.1, 0.15) is 11.3 Å². The van der Waals surface area contributed by atoms with Crippen molar-refractivity contribution in [1.82, 2.24) is 4.98 Å². The number of hydrogen-bond donors (Lipinski definition) is 1. The number of benzene rings is 1. The molecule has 0 atom stereocenters. The maximum absolute atomic E-state index is 5.75. The fourth-order valence-corrected chi connectivity index (χ4v) is 2.53. The number of nitrogens with zero attached hydrogens (tertiary/aromatic N) is 1. The fraction of sp³-hybridized carbons (Fsp3) is 0.133. The maximum atomic E-state index is 5.75. The third kappa shape index (κ3) is 2.36. The fourth-order valence-electron chi connectivity index (χ4n) is 2.14. The Morgan fingerprint density at radius 3 is 2.89 bits per heavy atom. The molecule has 0 aliphatic rings. The second kappa shape index (κ2) is 5.05. The highest BCUT2D eigenvalue weighted by Gasteiger charge is 2.10. The molecule has 2 aromatic heterocycles. The predicted molar refractivity (Wildman–Crippen MR) is 80.2 cm³/mol. The van der Waals surface area contributed by atoms with Gasteiger partial charge >= 0.3 is 0 Å². The lowest BCUT2D eigenvalue weighted by Crippen LogP contribution is -2.01. The van der Waals surface area contributed by atoms with E-state index in [1.165, 1.54) is 5.56 Å². The highest BCUT2D eigenvalue weighted by Crippen LogP contribution is 2.27. The number of fused-ring (bicyclic) bond motifs is 1. The number of hydrogen-bond acceptors (Lipinski definition) is 3. The molecule has 1 N–H and O–H groups in total. The first-order chi connectivity index (χ1) is 9.25. The lowest BCUT2D eigenvalue weighted by atomic mass is 10.1. The number of rotatable bonds is 3. The van der Waals surface area contributed by atoms with Crippen LogP contribution in [0.25, 0.3) is 11.0 Å². The van der Waals surface area contributed by atoms with Crippen LogP contribution in [-0.4, -0.2) is 4.98 Å². The standard InChI is InChI=1S/C15H13BrN2O/c1-10-12(11-5-2-3-7-14(11)19-10)9-18-13-6-4-8-17-15(13)16/h2-8,18H,9H2,1H3. The maximum Gasteiger partial charge on any atom is 0.134 e. The van der Waals surface area contributed by atoms with Gasteiger partial charge in [0, 0.05) is 23.7 Å². The largest absolute Gasteiger partial charge is 0.461 e. The minimum absolute atomic E-state index is 0.715. The molecule has 4 heteroatoms. The zero-order valence-corrected chi connectivity index (χ0v) is 12.1. The molecule has 3 aromatic rings. The zero-order valence-electron chi connectivity index (χ0n) is 10.5. The van der Waals surface area contributed by atoms with Gasteiger partial charge in [0.1, 0.15) is 15.9 Å². The molecule has 96 valence electrons. The Morgan fingerprint density at radius 1 is 1.21 bits per heavy atom. The Balaban J connectivity index is 1.90. The first-order valence-corrected chi connectivity index (χ1v) is 6.86. The molecule has 0 spiro atoms. The molecule has 0 aliphatic carbocycles. The third-order valence-electron chi connectivity index (χ3n) is 3.11. The van der Waals surface area contributed by atoms with Gasteiger partial charge < -0.3 is 9.73 Å². The molecule has 1 aromatic carbocycles. The van der Waals surface area contributed by atoms with E-state index in [-0.39, 0.29) is 0 Å². The smallest absolute Gasteiger partial charge is 0.134 e. The predicted octanol–water partition coefficient (Wildman–Crippen LogP) is 4.51. The summed E-state index contributed by atoms with van der Waals surface area (Å²) in [5, 5.41) is 4.54. The van der Waals surface area contributed by atoms with Crippen molar-refractivity contribution in [2.45, 2.75) is 13.5 Å². The van der Waals surface area contributed by atoms with Crippen LogP contribution in [0.2, 0.25) is 0 Å². The van der Waals surface area contributed by atoms with Crippen LogP contribution in [0.3, 0.4) is 0 Å². The van der Waals surface area contributed by atoms with E-state index < -0.39 is 0 Å². The summed E-state index contributed by atoms with van der Waals surface area (Å²) in [6.45, 7) is 2.71. The topological polar surface area (TPSA) is 38.1 Å². The van der Waals surface area contributed by atoms with E-state index in [4.69, 9.17) is 4.42 Å². The molecule has 0 saturated carbocycles. The summed E-state index contributed by atoms with van der Waals surface area (Å²) < 4.78 is 6.57. The van der Waals surface area contributed by atoms with Crippen molar-refractivity contribution in [2.24, 2.45) is 0 Å². The van der Waals surface area contributed by atoms with Gasteiger partial charge in [-0.25, -0.2) is 4.98 Å². The van der Waals surface area contributed by atoms with E-state index in [9.17, 15) is 0 Å². The van der Waals surface area contributed by atoms with E-state index >= 15 is 0 Å². The Hall–Kier alpha value is -1.81. The number of furan rings is 1. The molecule has 0 fully saturated rings. The first kappa shape index (κ1) is 12.2. The van der Waals surface area contributed by atoms with E-state index in [2.05, 4.69) is 32.3 Å². The van der Waals surface area contributed by atoms with Crippen molar-refractivity contribution < 1.29 is 4.42 Å². The molecular formula is C15H13BrN2O. The number of anilines is 1. The molecule has 0 unspecified atom stereocenters. The number of para-hydroxylation sites is 1. The van der Waals surface area contributed by atoms with E-state index in [1.54, 1.807) is 6.20 Å². The summed E-state index contributed by atoms with van der Waals surface area (Å²) >= 11 is 3.43. The average Bonchev–Trinajstić information content (AvgIpc) is 2.74. The molecule has 0 amide bonds. The van der Waals surface area contributed by atoms with Gasteiger partial charge in [-0.15, -0.1) is 0 Å². The second-order valence-corrected chi connectivity index (χ2v) is 5.08. The van der Waals surface area contributed by atoms with Gasteiger partial charge in [-0.3, -0.25) is 0 Å². The monoisotopic (exact) mass is 316 g/mol. The zero-order chi connectivity index (χ0) is 13.2. The minimum atomic E-state index is 0.715. The van der Waals surface area contributed by atoms with Gasteiger partial charge in [0.25, 0.3) is 0 Å². The van der Waals surface area contributed by atoms with Gasteiger partial charge in [-0.2, -0.15) is 0 Å². The Morgan fingerprint density at radius 2 is 2.05 bits per heavy atom. The lowest BCUT2D eigenvalue weighted by molar-refractivity contribution is 0.573. The number of halogens is 1. The van der Waals surface area contributed by atoms with E-state index in [0.717, 1.165) is 27.0 Å². The third-order valence-corrected chi connectivity index (χ3v) is 3.75. The summed E-state index contributed by atoms with van der Waals surface area (Å²) in [7, 11) is 0. The van der Waals surface area contributed by atoms with Gasteiger partial charge in [0.2, 0.25) is 0 Å². The molecular weight excluding hydrogens is 304 g/mol. The Kier molecular flexibility index (Phi) is 3.25. The van der Waals surface area contributed by atoms with Crippen LogP contribution < -0.4 is 5.32 Å². The van der Waals surface area contributed by atoms with Crippen LogP contribution in [0.5, 0.6) is 0 Å². The van der Waals surface area contributed by atoms with E-state index in [1.807, 2.05) is 37.3 Å². The molecule has 3 rings (SSSR count). The van der Waals surface area contributed by atoms with Gasteiger partial charge in [0.15, 0.2) is 0 Å². The van der Waals surface area contributed by atoms with Crippen molar-refractivity contribution >= 4 is 32.6 Å². The van der Waals surface area contributed by atoms with Crippen LogP contribution in [0.4, 0.5) is 5.69 Å². The Labute approximate surface area is 119 Å². The first-order valence-electron chi connectivity index (χ1n) is 6.07. The number of aryl methyl sites for hydroxylation is 1. The molecule has 0 bridgehead atoms.